The highest BCUT2D eigenvalue weighted by Crippen LogP contribution is 2.20. The third-order valence-corrected chi connectivity index (χ3v) is 5.75. The van der Waals surface area contributed by atoms with E-state index in [0.717, 1.165) is 76.0 Å². The molecule has 7 heteroatoms. The SMILES string of the molecule is NC(=NCCCN1CCN(c2ccccc2F)CC1)N1CCSCC1. The summed E-state index contributed by atoms with van der Waals surface area (Å²) in [7, 11) is 0. The smallest absolute Gasteiger partial charge is 0.191 e. The summed E-state index contributed by atoms with van der Waals surface area (Å²) in [5, 5.41) is 0. The van der Waals surface area contributed by atoms with Crippen LogP contribution in [-0.4, -0.2) is 79.6 Å². The van der Waals surface area contributed by atoms with Gasteiger partial charge in [-0.05, 0) is 18.6 Å². The van der Waals surface area contributed by atoms with Gasteiger partial charge < -0.3 is 15.5 Å². The Balaban J connectivity index is 1.36. The van der Waals surface area contributed by atoms with Crippen molar-refractivity contribution in [2.24, 2.45) is 10.7 Å². The van der Waals surface area contributed by atoms with Crippen LogP contribution in [0.5, 0.6) is 0 Å². The van der Waals surface area contributed by atoms with Crippen molar-refractivity contribution in [1.82, 2.24) is 9.80 Å². The second-order valence-corrected chi connectivity index (χ2v) is 7.70. The van der Waals surface area contributed by atoms with E-state index in [-0.39, 0.29) is 5.82 Å². The summed E-state index contributed by atoms with van der Waals surface area (Å²) in [6.07, 6.45) is 1.02. The average Bonchev–Trinajstić information content (AvgIpc) is 2.67. The molecule has 0 radical (unpaired) electrons. The number of halogens is 1. The molecule has 138 valence electrons. The first-order valence-corrected chi connectivity index (χ1v) is 10.2. The molecule has 0 amide bonds. The fourth-order valence-electron chi connectivity index (χ4n) is 3.30. The summed E-state index contributed by atoms with van der Waals surface area (Å²) in [6.45, 7) is 7.51. The van der Waals surface area contributed by atoms with E-state index in [2.05, 4.69) is 19.7 Å². The van der Waals surface area contributed by atoms with Crippen LogP contribution in [0.4, 0.5) is 10.1 Å². The minimum atomic E-state index is -0.128. The molecule has 0 atom stereocenters. The lowest BCUT2D eigenvalue weighted by atomic mass is 10.2. The lowest BCUT2D eigenvalue weighted by molar-refractivity contribution is 0.255. The van der Waals surface area contributed by atoms with Crippen LogP contribution in [0.2, 0.25) is 0 Å². The van der Waals surface area contributed by atoms with Gasteiger partial charge in [0, 0.05) is 63.9 Å². The predicted octanol–water partition coefficient (Wildman–Crippen LogP) is 1.70. The number of aliphatic imine (C=N–C) groups is 1. The zero-order valence-electron chi connectivity index (χ0n) is 14.7. The summed E-state index contributed by atoms with van der Waals surface area (Å²) >= 11 is 1.98. The first kappa shape index (κ1) is 18.3. The molecule has 2 aliphatic heterocycles. The number of guanidine groups is 1. The van der Waals surface area contributed by atoms with Crippen molar-refractivity contribution in [3.63, 3.8) is 0 Å². The maximum absolute atomic E-state index is 13.9. The molecule has 0 bridgehead atoms. The maximum atomic E-state index is 13.9. The van der Waals surface area contributed by atoms with Gasteiger partial charge in [0.2, 0.25) is 0 Å². The predicted molar refractivity (Wildman–Crippen MR) is 105 cm³/mol. The quantitative estimate of drug-likeness (QED) is 0.489. The van der Waals surface area contributed by atoms with E-state index in [1.54, 1.807) is 6.07 Å². The summed E-state index contributed by atoms with van der Waals surface area (Å²) in [5.41, 5.74) is 6.80. The molecular weight excluding hydrogens is 337 g/mol. The Hall–Kier alpha value is -1.47. The standard InChI is InChI=1S/C18H28FN5S/c19-16-4-1-2-5-17(16)23-10-8-22(9-11-23)7-3-6-21-18(20)24-12-14-25-15-13-24/h1-2,4-5H,3,6-15H2,(H2,20,21). The van der Waals surface area contributed by atoms with E-state index < -0.39 is 0 Å². The van der Waals surface area contributed by atoms with Crippen molar-refractivity contribution in [2.45, 2.75) is 6.42 Å². The maximum Gasteiger partial charge on any atom is 0.191 e. The van der Waals surface area contributed by atoms with Crippen molar-refractivity contribution in [1.29, 1.82) is 0 Å². The second-order valence-electron chi connectivity index (χ2n) is 6.47. The Morgan fingerprint density at radius 2 is 1.80 bits per heavy atom. The third kappa shape index (κ3) is 5.25. The number of hydrogen-bond donors (Lipinski definition) is 1. The molecule has 3 rings (SSSR count). The van der Waals surface area contributed by atoms with Gasteiger partial charge >= 0.3 is 0 Å². The molecule has 2 N–H and O–H groups in total. The van der Waals surface area contributed by atoms with Gasteiger partial charge in [-0.2, -0.15) is 11.8 Å². The molecule has 1 aromatic carbocycles. The fraction of sp³-hybridized carbons (Fsp3) is 0.611. The molecule has 0 saturated carbocycles. The van der Waals surface area contributed by atoms with Gasteiger partial charge in [0.1, 0.15) is 5.82 Å². The van der Waals surface area contributed by atoms with Gasteiger partial charge in [0.05, 0.1) is 5.69 Å². The van der Waals surface area contributed by atoms with Crippen LogP contribution < -0.4 is 10.6 Å². The monoisotopic (exact) mass is 365 g/mol. The number of piperazine rings is 1. The molecule has 0 spiro atoms. The Morgan fingerprint density at radius 1 is 1.08 bits per heavy atom. The van der Waals surface area contributed by atoms with Crippen molar-refractivity contribution >= 4 is 23.4 Å². The number of nitrogens with zero attached hydrogens (tertiary/aromatic N) is 4. The van der Waals surface area contributed by atoms with Crippen molar-refractivity contribution < 1.29 is 4.39 Å². The van der Waals surface area contributed by atoms with Gasteiger partial charge in [0.15, 0.2) is 5.96 Å². The first-order valence-electron chi connectivity index (χ1n) is 9.08. The van der Waals surface area contributed by atoms with Gasteiger partial charge in [-0.15, -0.1) is 0 Å². The van der Waals surface area contributed by atoms with E-state index in [0.29, 0.717) is 5.96 Å². The Bertz CT molecular complexity index is 568. The first-order chi connectivity index (χ1) is 12.2. The molecule has 0 unspecified atom stereocenters. The number of benzene rings is 1. The highest BCUT2D eigenvalue weighted by Gasteiger charge is 2.18. The number of thioether (sulfide) groups is 1. The normalized spacial score (nSPS) is 20.1. The Labute approximate surface area is 154 Å². The zero-order valence-corrected chi connectivity index (χ0v) is 15.6. The van der Waals surface area contributed by atoms with E-state index in [9.17, 15) is 4.39 Å². The van der Waals surface area contributed by atoms with Crippen molar-refractivity contribution in [3.8, 4) is 0 Å². The van der Waals surface area contributed by atoms with Crippen LogP contribution in [0, 0.1) is 5.82 Å². The number of nitrogens with two attached hydrogens (primary N) is 1. The number of para-hydroxylation sites is 1. The summed E-state index contributed by atoms with van der Waals surface area (Å²) in [4.78, 5) is 11.3. The topological polar surface area (TPSA) is 48.1 Å². The van der Waals surface area contributed by atoms with Crippen LogP contribution in [0.3, 0.4) is 0 Å². The lowest BCUT2D eigenvalue weighted by Crippen LogP contribution is -2.47. The molecule has 5 nitrogen and oxygen atoms in total. The second kappa shape index (κ2) is 9.29. The van der Waals surface area contributed by atoms with E-state index in [1.165, 1.54) is 6.07 Å². The van der Waals surface area contributed by atoms with Gasteiger partial charge in [-0.1, -0.05) is 12.1 Å². The molecule has 25 heavy (non-hydrogen) atoms. The van der Waals surface area contributed by atoms with E-state index in [1.807, 2.05) is 23.9 Å². The minimum Gasteiger partial charge on any atom is -0.370 e. The lowest BCUT2D eigenvalue weighted by Gasteiger charge is -2.36. The van der Waals surface area contributed by atoms with E-state index in [4.69, 9.17) is 5.73 Å². The molecule has 0 aliphatic carbocycles. The minimum absolute atomic E-state index is 0.128. The summed E-state index contributed by atoms with van der Waals surface area (Å²) < 4.78 is 13.9. The van der Waals surface area contributed by atoms with Gasteiger partial charge in [-0.25, -0.2) is 4.39 Å². The number of hydrogen-bond acceptors (Lipinski definition) is 4. The largest absolute Gasteiger partial charge is 0.370 e. The number of rotatable bonds is 5. The summed E-state index contributed by atoms with van der Waals surface area (Å²) in [6, 6.07) is 7.03. The van der Waals surface area contributed by atoms with E-state index >= 15 is 0 Å². The van der Waals surface area contributed by atoms with Crippen LogP contribution in [0.15, 0.2) is 29.3 Å². The molecule has 2 saturated heterocycles. The molecule has 1 aromatic rings. The van der Waals surface area contributed by atoms with Gasteiger partial charge in [-0.3, -0.25) is 9.89 Å². The van der Waals surface area contributed by atoms with Crippen LogP contribution in [0.25, 0.3) is 0 Å². The molecule has 2 fully saturated rings. The number of anilines is 1. The zero-order chi connectivity index (χ0) is 17.5. The Kier molecular flexibility index (Phi) is 6.81. The average molecular weight is 366 g/mol. The van der Waals surface area contributed by atoms with Crippen LogP contribution in [-0.2, 0) is 0 Å². The van der Waals surface area contributed by atoms with Crippen molar-refractivity contribution in [3.05, 3.63) is 30.1 Å². The summed E-state index contributed by atoms with van der Waals surface area (Å²) in [5.74, 6) is 2.85. The molecule has 2 heterocycles. The fourth-order valence-corrected chi connectivity index (χ4v) is 4.20. The van der Waals surface area contributed by atoms with Crippen LogP contribution in [0.1, 0.15) is 6.42 Å². The third-order valence-electron chi connectivity index (χ3n) is 4.81. The molecule has 0 aromatic heterocycles. The Morgan fingerprint density at radius 3 is 2.52 bits per heavy atom. The highest BCUT2D eigenvalue weighted by molar-refractivity contribution is 7.99. The highest BCUT2D eigenvalue weighted by atomic mass is 32.2. The molecule has 2 aliphatic rings. The van der Waals surface area contributed by atoms with Crippen molar-refractivity contribution in [2.75, 3.05) is 68.8 Å². The van der Waals surface area contributed by atoms with Crippen LogP contribution >= 0.6 is 11.8 Å². The van der Waals surface area contributed by atoms with Gasteiger partial charge in [0.25, 0.3) is 0 Å². The molecular formula is C18H28FN5S.